The van der Waals surface area contributed by atoms with Crippen LogP contribution in [0.2, 0.25) is 0 Å². The van der Waals surface area contributed by atoms with E-state index < -0.39 is 17.8 Å². The van der Waals surface area contributed by atoms with Gasteiger partial charge >= 0.3 is 5.97 Å². The average Bonchev–Trinajstić information content (AvgIpc) is 2.83. The van der Waals surface area contributed by atoms with Crippen LogP contribution in [0.15, 0.2) is 60.7 Å². The normalized spacial score (nSPS) is 18.0. The topological polar surface area (TPSA) is 82.1 Å². The number of ketones is 1. The number of carbonyl (C=O) groups excluding carboxylic acids is 2. The maximum absolute atomic E-state index is 13.3. The summed E-state index contributed by atoms with van der Waals surface area (Å²) in [5.74, 6) is -1.01. The Labute approximate surface area is 192 Å². The molecule has 0 aromatic heterocycles. The number of hydrogen-bond acceptors (Lipinski definition) is 6. The number of carbonyl (C=O) groups is 2. The highest BCUT2D eigenvalue weighted by atomic mass is 16.5. The molecule has 4 rings (SSSR count). The molecule has 3 aromatic carbocycles. The second kappa shape index (κ2) is 9.36. The van der Waals surface area contributed by atoms with Crippen molar-refractivity contribution in [1.29, 1.82) is 0 Å². The molecule has 0 aliphatic heterocycles. The number of benzene rings is 3. The monoisotopic (exact) mass is 446 g/mol. The molecule has 0 bridgehead atoms. The molecule has 0 fully saturated rings. The van der Waals surface area contributed by atoms with E-state index in [4.69, 9.17) is 14.2 Å². The molecule has 0 saturated carbocycles. The first-order chi connectivity index (χ1) is 16.0. The SMILES string of the molecule is CCOC(=O)C1C(=O)C=C(c2cc(OC)ccc2O)CC1c1ccc(OC)c2ccccc12. The molecule has 0 saturated heterocycles. The summed E-state index contributed by atoms with van der Waals surface area (Å²) >= 11 is 0. The lowest BCUT2D eigenvalue weighted by Crippen LogP contribution is -2.34. The van der Waals surface area contributed by atoms with Crippen molar-refractivity contribution in [3.05, 3.63) is 71.8 Å². The zero-order valence-electron chi connectivity index (χ0n) is 18.8. The van der Waals surface area contributed by atoms with E-state index in [-0.39, 0.29) is 18.1 Å². The van der Waals surface area contributed by atoms with Gasteiger partial charge in [0.05, 0.1) is 20.8 Å². The number of allylic oxidation sites excluding steroid dienone is 2. The van der Waals surface area contributed by atoms with Gasteiger partial charge in [0.1, 0.15) is 23.2 Å². The summed E-state index contributed by atoms with van der Waals surface area (Å²) in [6.07, 6.45) is 1.81. The molecule has 1 aliphatic carbocycles. The third kappa shape index (κ3) is 4.16. The van der Waals surface area contributed by atoms with E-state index in [1.165, 1.54) is 12.1 Å². The van der Waals surface area contributed by atoms with Gasteiger partial charge in [-0.15, -0.1) is 0 Å². The number of phenols is 1. The van der Waals surface area contributed by atoms with Crippen LogP contribution in [-0.2, 0) is 14.3 Å². The van der Waals surface area contributed by atoms with Crippen LogP contribution in [0, 0.1) is 5.92 Å². The highest BCUT2D eigenvalue weighted by Gasteiger charge is 2.41. The number of phenolic OH excluding ortho intramolecular Hbond substituents is 1. The Morgan fingerprint density at radius 3 is 2.48 bits per heavy atom. The molecule has 6 nitrogen and oxygen atoms in total. The first-order valence-electron chi connectivity index (χ1n) is 10.8. The summed E-state index contributed by atoms with van der Waals surface area (Å²) in [5, 5.41) is 12.3. The number of aromatic hydroxyl groups is 1. The lowest BCUT2D eigenvalue weighted by atomic mass is 9.72. The highest BCUT2D eigenvalue weighted by Crippen LogP contribution is 2.45. The average molecular weight is 446 g/mol. The third-order valence-corrected chi connectivity index (χ3v) is 6.09. The Kier molecular flexibility index (Phi) is 6.36. The summed E-state index contributed by atoms with van der Waals surface area (Å²) in [5.41, 5.74) is 2.00. The van der Waals surface area contributed by atoms with Crippen molar-refractivity contribution in [2.24, 2.45) is 5.92 Å². The molecular weight excluding hydrogens is 420 g/mol. The summed E-state index contributed by atoms with van der Waals surface area (Å²) in [6.45, 7) is 1.91. The lowest BCUT2D eigenvalue weighted by molar-refractivity contribution is -0.151. The maximum atomic E-state index is 13.3. The minimum atomic E-state index is -0.974. The van der Waals surface area contributed by atoms with Crippen LogP contribution < -0.4 is 9.47 Å². The first kappa shape index (κ1) is 22.4. The summed E-state index contributed by atoms with van der Waals surface area (Å²) in [4.78, 5) is 26.2. The number of ether oxygens (including phenoxy) is 3. The van der Waals surface area contributed by atoms with Gasteiger partial charge in [0.25, 0.3) is 0 Å². The summed E-state index contributed by atoms with van der Waals surface area (Å²) < 4.78 is 16.1. The van der Waals surface area contributed by atoms with Crippen LogP contribution in [0.25, 0.3) is 16.3 Å². The standard InChI is InChI=1S/C27H26O6/c1-4-33-27(30)26-22(19-10-12-25(32-3)20-8-6-5-7-18(19)20)13-16(14-24(26)29)21-15-17(31-2)9-11-23(21)28/h5-12,14-15,22,26,28H,4,13H2,1-3H3. The van der Waals surface area contributed by atoms with Crippen molar-refractivity contribution < 1.29 is 28.9 Å². The molecule has 3 aromatic rings. The molecule has 2 unspecified atom stereocenters. The van der Waals surface area contributed by atoms with Crippen molar-refractivity contribution in [3.8, 4) is 17.2 Å². The number of rotatable bonds is 6. The van der Waals surface area contributed by atoms with Crippen molar-refractivity contribution in [2.45, 2.75) is 19.3 Å². The number of esters is 1. The summed E-state index contributed by atoms with van der Waals surface area (Å²) in [6, 6.07) is 16.4. The Morgan fingerprint density at radius 1 is 1.03 bits per heavy atom. The lowest BCUT2D eigenvalue weighted by Gasteiger charge is -2.30. The zero-order chi connectivity index (χ0) is 23.5. The molecule has 6 heteroatoms. The second-order valence-corrected chi connectivity index (χ2v) is 7.90. The molecule has 0 spiro atoms. The predicted octanol–water partition coefficient (Wildman–Crippen LogP) is 4.88. The van der Waals surface area contributed by atoms with Gasteiger partial charge in [-0.05, 0) is 60.2 Å². The van der Waals surface area contributed by atoms with Crippen LogP contribution in [0.5, 0.6) is 17.2 Å². The molecule has 33 heavy (non-hydrogen) atoms. The largest absolute Gasteiger partial charge is 0.507 e. The molecule has 0 amide bonds. The maximum Gasteiger partial charge on any atom is 0.317 e. The van der Waals surface area contributed by atoms with Gasteiger partial charge in [0.15, 0.2) is 5.78 Å². The van der Waals surface area contributed by atoms with E-state index in [2.05, 4.69) is 0 Å². The van der Waals surface area contributed by atoms with Crippen molar-refractivity contribution in [3.63, 3.8) is 0 Å². The van der Waals surface area contributed by atoms with Crippen LogP contribution in [-0.4, -0.2) is 37.7 Å². The van der Waals surface area contributed by atoms with E-state index in [1.807, 2.05) is 36.4 Å². The Hall–Kier alpha value is -3.80. The molecule has 1 aliphatic rings. The van der Waals surface area contributed by atoms with E-state index in [0.29, 0.717) is 29.1 Å². The summed E-state index contributed by atoms with van der Waals surface area (Å²) in [7, 11) is 3.15. The Balaban J connectivity index is 1.88. The molecule has 2 atom stereocenters. The molecule has 0 heterocycles. The van der Waals surface area contributed by atoms with Crippen molar-refractivity contribution in [1.82, 2.24) is 0 Å². The van der Waals surface area contributed by atoms with Crippen LogP contribution in [0.3, 0.4) is 0 Å². The molecule has 0 radical (unpaired) electrons. The highest BCUT2D eigenvalue weighted by molar-refractivity contribution is 6.11. The number of hydrogen-bond donors (Lipinski definition) is 1. The minimum absolute atomic E-state index is 0.0442. The van der Waals surface area contributed by atoms with Crippen LogP contribution >= 0.6 is 0 Å². The molecule has 1 N–H and O–H groups in total. The molecular formula is C27H26O6. The van der Waals surface area contributed by atoms with Crippen LogP contribution in [0.4, 0.5) is 0 Å². The zero-order valence-corrected chi connectivity index (χ0v) is 18.8. The minimum Gasteiger partial charge on any atom is -0.507 e. The van der Waals surface area contributed by atoms with Gasteiger partial charge in [0.2, 0.25) is 0 Å². The van der Waals surface area contributed by atoms with Gasteiger partial charge in [-0.25, -0.2) is 0 Å². The van der Waals surface area contributed by atoms with Crippen molar-refractivity contribution in [2.75, 3.05) is 20.8 Å². The van der Waals surface area contributed by atoms with E-state index in [1.54, 1.807) is 33.3 Å². The molecule has 170 valence electrons. The Morgan fingerprint density at radius 2 is 1.79 bits per heavy atom. The fourth-order valence-corrected chi connectivity index (χ4v) is 4.56. The Bertz CT molecular complexity index is 1240. The predicted molar refractivity (Wildman–Crippen MR) is 126 cm³/mol. The number of fused-ring (bicyclic) bond motifs is 1. The van der Waals surface area contributed by atoms with Gasteiger partial charge in [-0.3, -0.25) is 9.59 Å². The van der Waals surface area contributed by atoms with Gasteiger partial charge in [-0.1, -0.05) is 30.3 Å². The fraction of sp³-hybridized carbons (Fsp3) is 0.259. The second-order valence-electron chi connectivity index (χ2n) is 7.90. The number of methoxy groups -OCH3 is 2. The van der Waals surface area contributed by atoms with Crippen molar-refractivity contribution >= 4 is 28.1 Å². The first-order valence-corrected chi connectivity index (χ1v) is 10.8. The van der Waals surface area contributed by atoms with Gasteiger partial charge in [-0.2, -0.15) is 0 Å². The third-order valence-electron chi connectivity index (χ3n) is 6.09. The van der Waals surface area contributed by atoms with E-state index >= 15 is 0 Å². The smallest absolute Gasteiger partial charge is 0.317 e. The van der Waals surface area contributed by atoms with E-state index in [0.717, 1.165) is 16.3 Å². The van der Waals surface area contributed by atoms with E-state index in [9.17, 15) is 14.7 Å². The fourth-order valence-electron chi connectivity index (χ4n) is 4.56. The van der Waals surface area contributed by atoms with Crippen LogP contribution in [0.1, 0.15) is 30.4 Å². The van der Waals surface area contributed by atoms with Gasteiger partial charge < -0.3 is 19.3 Å². The van der Waals surface area contributed by atoms with Gasteiger partial charge in [0, 0.05) is 16.9 Å². The quantitative estimate of drug-likeness (QED) is 0.429.